The monoisotopic (exact) mass is 394 g/mol. The van der Waals surface area contributed by atoms with Crippen molar-refractivity contribution in [2.24, 2.45) is 0 Å². The van der Waals surface area contributed by atoms with Crippen LogP contribution in [-0.2, 0) is 0 Å². The fourth-order valence-electron chi connectivity index (χ4n) is 3.53. The van der Waals surface area contributed by atoms with Gasteiger partial charge in [-0.15, -0.1) is 0 Å². The zero-order valence-corrected chi connectivity index (χ0v) is 16.4. The normalized spacial score (nSPS) is 16.6. The lowest BCUT2D eigenvalue weighted by molar-refractivity contribution is -0.384. The van der Waals surface area contributed by atoms with Crippen molar-refractivity contribution >= 4 is 17.5 Å². The van der Waals surface area contributed by atoms with Crippen LogP contribution >= 0.6 is 0 Å². The summed E-state index contributed by atoms with van der Waals surface area (Å²) in [6, 6.07) is 12.5. The Morgan fingerprint density at radius 1 is 1.17 bits per heavy atom. The summed E-state index contributed by atoms with van der Waals surface area (Å²) in [7, 11) is 3.74. The number of nitrogens with zero attached hydrogens (tertiary/aromatic N) is 6. The van der Waals surface area contributed by atoms with Gasteiger partial charge >= 0.3 is 0 Å². The van der Waals surface area contributed by atoms with Crippen molar-refractivity contribution in [2.45, 2.75) is 18.8 Å². The van der Waals surface area contributed by atoms with Gasteiger partial charge in [-0.2, -0.15) is 4.98 Å². The van der Waals surface area contributed by atoms with Gasteiger partial charge in [0.25, 0.3) is 11.6 Å². The van der Waals surface area contributed by atoms with E-state index in [4.69, 9.17) is 4.52 Å². The van der Waals surface area contributed by atoms with E-state index in [1.165, 1.54) is 6.07 Å². The Bertz CT molecular complexity index is 1000. The van der Waals surface area contributed by atoms with E-state index in [0.29, 0.717) is 29.9 Å². The third kappa shape index (κ3) is 3.89. The molecule has 1 saturated heterocycles. The van der Waals surface area contributed by atoms with E-state index in [1.54, 1.807) is 11.0 Å². The fourth-order valence-corrected chi connectivity index (χ4v) is 3.53. The van der Waals surface area contributed by atoms with E-state index >= 15 is 0 Å². The number of piperidine rings is 1. The molecule has 3 heterocycles. The maximum atomic E-state index is 11.5. The van der Waals surface area contributed by atoms with Crippen LogP contribution in [0.2, 0.25) is 0 Å². The number of aromatic nitrogens is 3. The van der Waals surface area contributed by atoms with Gasteiger partial charge in [0.15, 0.2) is 5.69 Å². The second-order valence-electron chi connectivity index (χ2n) is 7.27. The minimum absolute atomic E-state index is 0.000959. The second-order valence-corrected chi connectivity index (χ2v) is 7.27. The Hall–Kier alpha value is -3.49. The molecule has 4 rings (SSSR count). The van der Waals surface area contributed by atoms with E-state index in [2.05, 4.69) is 20.0 Å². The van der Waals surface area contributed by atoms with E-state index in [0.717, 1.165) is 24.9 Å². The van der Waals surface area contributed by atoms with Crippen molar-refractivity contribution in [3.05, 3.63) is 58.5 Å². The van der Waals surface area contributed by atoms with Gasteiger partial charge < -0.3 is 14.3 Å². The molecule has 0 radical (unpaired) electrons. The highest BCUT2D eigenvalue weighted by Crippen LogP contribution is 2.33. The van der Waals surface area contributed by atoms with E-state index in [9.17, 15) is 10.1 Å². The largest absolute Gasteiger partial charge is 0.356 e. The molecule has 0 spiro atoms. The molecule has 9 nitrogen and oxygen atoms in total. The molecule has 0 N–H and O–H groups in total. The highest BCUT2D eigenvalue weighted by Gasteiger charge is 2.28. The Morgan fingerprint density at radius 2 is 1.97 bits per heavy atom. The van der Waals surface area contributed by atoms with Crippen LogP contribution in [0.25, 0.3) is 11.3 Å². The van der Waals surface area contributed by atoms with Crippen LogP contribution in [0.5, 0.6) is 0 Å². The summed E-state index contributed by atoms with van der Waals surface area (Å²) in [4.78, 5) is 24.2. The predicted molar refractivity (Wildman–Crippen MR) is 109 cm³/mol. The summed E-state index contributed by atoms with van der Waals surface area (Å²) < 4.78 is 5.45. The minimum Gasteiger partial charge on any atom is -0.356 e. The van der Waals surface area contributed by atoms with Crippen LogP contribution in [0.4, 0.5) is 17.5 Å². The zero-order chi connectivity index (χ0) is 20.4. The Labute approximate surface area is 168 Å². The maximum Gasteiger partial charge on any atom is 0.295 e. The van der Waals surface area contributed by atoms with E-state index in [-0.39, 0.29) is 16.5 Å². The second kappa shape index (κ2) is 7.86. The first-order chi connectivity index (χ1) is 14.0. The van der Waals surface area contributed by atoms with Crippen LogP contribution < -0.4 is 9.80 Å². The quantitative estimate of drug-likeness (QED) is 0.479. The van der Waals surface area contributed by atoms with Gasteiger partial charge in [0.05, 0.1) is 10.8 Å². The van der Waals surface area contributed by atoms with E-state index in [1.807, 2.05) is 44.4 Å². The molecule has 1 aromatic carbocycles. The van der Waals surface area contributed by atoms with Crippen LogP contribution in [0, 0.1) is 10.1 Å². The van der Waals surface area contributed by atoms with Gasteiger partial charge in [-0.25, -0.2) is 4.98 Å². The minimum atomic E-state index is -0.390. The van der Waals surface area contributed by atoms with Crippen molar-refractivity contribution < 1.29 is 9.45 Å². The molecule has 0 saturated carbocycles. The first kappa shape index (κ1) is 18.9. The Kier molecular flexibility index (Phi) is 5.11. The van der Waals surface area contributed by atoms with E-state index < -0.39 is 0 Å². The van der Waals surface area contributed by atoms with Gasteiger partial charge in [-0.1, -0.05) is 30.3 Å². The van der Waals surface area contributed by atoms with Crippen molar-refractivity contribution in [1.29, 1.82) is 0 Å². The third-order valence-corrected chi connectivity index (χ3v) is 5.03. The topological polar surface area (TPSA) is 101 Å². The summed E-state index contributed by atoms with van der Waals surface area (Å²) in [6.45, 7) is 1.50. The van der Waals surface area contributed by atoms with Gasteiger partial charge in [0.1, 0.15) is 5.82 Å². The number of pyridine rings is 1. The average molecular weight is 394 g/mol. The highest BCUT2D eigenvalue weighted by molar-refractivity contribution is 5.71. The number of benzene rings is 1. The number of hydrogen-bond donors (Lipinski definition) is 0. The van der Waals surface area contributed by atoms with Crippen LogP contribution in [-0.4, -0.2) is 47.2 Å². The smallest absolute Gasteiger partial charge is 0.295 e. The van der Waals surface area contributed by atoms with Gasteiger partial charge in [-0.05, 0) is 24.1 Å². The average Bonchev–Trinajstić information content (AvgIpc) is 3.25. The number of nitro groups is 1. The highest BCUT2D eigenvalue weighted by atomic mass is 16.6. The third-order valence-electron chi connectivity index (χ3n) is 5.03. The maximum absolute atomic E-state index is 11.5. The SMILES string of the molecule is CN(C)c1noc(C2CCCN(c3ccc([N+](=O)[O-])c(-c4ccccc4)n3)C2)n1. The molecule has 1 fully saturated rings. The molecular weight excluding hydrogens is 372 g/mol. The molecule has 1 atom stereocenters. The molecule has 0 amide bonds. The first-order valence-electron chi connectivity index (χ1n) is 9.49. The summed E-state index contributed by atoms with van der Waals surface area (Å²) in [5.74, 6) is 1.98. The summed E-state index contributed by atoms with van der Waals surface area (Å²) in [5, 5.41) is 15.5. The van der Waals surface area contributed by atoms with Gasteiger partial charge in [0, 0.05) is 38.8 Å². The Morgan fingerprint density at radius 3 is 2.66 bits per heavy atom. The molecular formula is C20H22N6O3. The standard InChI is InChI=1S/C20H22N6O3/c1-24(2)20-22-19(29-23-20)15-9-6-12-25(13-15)17-11-10-16(26(27)28)18(21-17)14-7-4-3-5-8-14/h3-5,7-8,10-11,15H,6,9,12-13H2,1-2H3. The van der Waals surface area contributed by atoms with Crippen molar-refractivity contribution in [2.75, 3.05) is 37.0 Å². The molecule has 0 aliphatic carbocycles. The zero-order valence-electron chi connectivity index (χ0n) is 16.4. The lowest BCUT2D eigenvalue weighted by atomic mass is 9.98. The number of rotatable bonds is 5. The molecule has 0 bridgehead atoms. The number of hydrogen-bond acceptors (Lipinski definition) is 8. The van der Waals surface area contributed by atoms with Gasteiger partial charge in [0.2, 0.25) is 5.89 Å². The summed E-state index contributed by atoms with van der Waals surface area (Å²) in [5.41, 5.74) is 1.10. The summed E-state index contributed by atoms with van der Waals surface area (Å²) >= 11 is 0. The molecule has 1 unspecified atom stereocenters. The molecule has 150 valence electrons. The number of anilines is 2. The molecule has 1 aliphatic heterocycles. The van der Waals surface area contributed by atoms with Gasteiger partial charge in [-0.3, -0.25) is 10.1 Å². The van der Waals surface area contributed by atoms with Crippen LogP contribution in [0.15, 0.2) is 47.0 Å². The molecule has 2 aromatic heterocycles. The fraction of sp³-hybridized carbons (Fsp3) is 0.350. The first-order valence-corrected chi connectivity index (χ1v) is 9.49. The molecule has 9 heteroatoms. The van der Waals surface area contributed by atoms with Crippen LogP contribution in [0.1, 0.15) is 24.7 Å². The summed E-state index contributed by atoms with van der Waals surface area (Å²) in [6.07, 6.45) is 1.90. The van der Waals surface area contributed by atoms with Crippen molar-refractivity contribution in [3.63, 3.8) is 0 Å². The van der Waals surface area contributed by atoms with Crippen molar-refractivity contribution in [1.82, 2.24) is 15.1 Å². The lowest BCUT2D eigenvalue weighted by Gasteiger charge is -2.32. The van der Waals surface area contributed by atoms with Crippen LogP contribution in [0.3, 0.4) is 0 Å². The Balaban J connectivity index is 1.63. The molecule has 29 heavy (non-hydrogen) atoms. The molecule has 3 aromatic rings. The molecule has 1 aliphatic rings. The lowest BCUT2D eigenvalue weighted by Crippen LogP contribution is -2.35. The predicted octanol–water partition coefficient (Wildman–Crippen LogP) is 3.49. The van der Waals surface area contributed by atoms with Crippen molar-refractivity contribution in [3.8, 4) is 11.3 Å².